The number of nitrogens with one attached hydrogen (secondary N) is 1. The predicted molar refractivity (Wildman–Crippen MR) is 65.3 cm³/mol. The fourth-order valence-electron chi connectivity index (χ4n) is 1.07. The molecule has 1 amide bonds. The summed E-state index contributed by atoms with van der Waals surface area (Å²) < 4.78 is 21.8. The SMILES string of the molecule is C#CCC(NC(=O)C(N)CCS(C)(=O)=O)C(=O)O. The molecule has 2 atom stereocenters. The fourth-order valence-corrected chi connectivity index (χ4v) is 1.75. The summed E-state index contributed by atoms with van der Waals surface area (Å²) >= 11 is 0. The maximum atomic E-state index is 11.5. The molecule has 0 radical (unpaired) electrons. The van der Waals surface area contributed by atoms with Gasteiger partial charge < -0.3 is 16.2 Å². The van der Waals surface area contributed by atoms with Crippen LogP contribution in [0.1, 0.15) is 12.8 Å². The van der Waals surface area contributed by atoms with Gasteiger partial charge in [0.25, 0.3) is 0 Å². The highest BCUT2D eigenvalue weighted by Crippen LogP contribution is 1.97. The molecule has 0 aromatic carbocycles. The van der Waals surface area contributed by atoms with Crippen LogP contribution < -0.4 is 11.1 Å². The Labute approximate surface area is 106 Å². The first-order valence-corrected chi connectivity index (χ1v) is 7.13. The number of amides is 1. The third-order valence-corrected chi connectivity index (χ3v) is 3.05. The maximum Gasteiger partial charge on any atom is 0.327 e. The van der Waals surface area contributed by atoms with Crippen molar-refractivity contribution in [2.45, 2.75) is 24.9 Å². The largest absolute Gasteiger partial charge is 0.480 e. The average molecular weight is 276 g/mol. The minimum Gasteiger partial charge on any atom is -0.480 e. The average Bonchev–Trinajstić information content (AvgIpc) is 2.23. The number of carboxylic acid groups (broad SMARTS) is 1. The summed E-state index contributed by atoms with van der Waals surface area (Å²) in [5, 5.41) is 10.9. The van der Waals surface area contributed by atoms with Crippen LogP contribution in [0.5, 0.6) is 0 Å². The highest BCUT2D eigenvalue weighted by atomic mass is 32.2. The van der Waals surface area contributed by atoms with Crippen LogP contribution >= 0.6 is 0 Å². The molecule has 4 N–H and O–H groups in total. The number of sulfone groups is 1. The van der Waals surface area contributed by atoms with Gasteiger partial charge in [-0.3, -0.25) is 4.79 Å². The van der Waals surface area contributed by atoms with Crippen molar-refractivity contribution in [3.8, 4) is 12.3 Å². The molecule has 2 unspecified atom stereocenters. The van der Waals surface area contributed by atoms with Gasteiger partial charge >= 0.3 is 5.97 Å². The van der Waals surface area contributed by atoms with E-state index < -0.39 is 33.8 Å². The van der Waals surface area contributed by atoms with Crippen LogP contribution in [0.25, 0.3) is 0 Å². The van der Waals surface area contributed by atoms with Crippen LogP contribution in [0.3, 0.4) is 0 Å². The molecule has 0 saturated heterocycles. The van der Waals surface area contributed by atoms with Crippen molar-refractivity contribution < 1.29 is 23.1 Å². The Balaban J connectivity index is 4.38. The lowest BCUT2D eigenvalue weighted by atomic mass is 10.1. The van der Waals surface area contributed by atoms with Gasteiger partial charge in [0.2, 0.25) is 5.91 Å². The topological polar surface area (TPSA) is 127 Å². The standard InChI is InChI=1S/C10H16N2O5S/c1-3-4-8(10(14)15)12-9(13)7(11)5-6-18(2,16)17/h1,7-8H,4-6,11H2,2H3,(H,12,13)(H,14,15). The minimum absolute atomic E-state index is 0.0763. The molecule has 0 rings (SSSR count). The molecule has 0 aliphatic heterocycles. The van der Waals surface area contributed by atoms with E-state index in [2.05, 4.69) is 11.2 Å². The van der Waals surface area contributed by atoms with Crippen molar-refractivity contribution in [2.75, 3.05) is 12.0 Å². The van der Waals surface area contributed by atoms with Gasteiger partial charge in [-0.25, -0.2) is 13.2 Å². The lowest BCUT2D eigenvalue weighted by Gasteiger charge is -2.15. The van der Waals surface area contributed by atoms with E-state index in [9.17, 15) is 18.0 Å². The van der Waals surface area contributed by atoms with Gasteiger partial charge in [-0.2, -0.15) is 0 Å². The van der Waals surface area contributed by atoms with E-state index >= 15 is 0 Å². The summed E-state index contributed by atoms with van der Waals surface area (Å²) in [5.74, 6) is -0.126. The van der Waals surface area contributed by atoms with E-state index in [-0.39, 0.29) is 18.6 Å². The highest BCUT2D eigenvalue weighted by molar-refractivity contribution is 7.90. The monoisotopic (exact) mass is 276 g/mol. The Morgan fingerprint density at radius 3 is 2.44 bits per heavy atom. The molecule has 0 aliphatic carbocycles. The molecule has 0 aromatic rings. The molecule has 7 nitrogen and oxygen atoms in total. The molecular weight excluding hydrogens is 260 g/mol. The maximum absolute atomic E-state index is 11.5. The van der Waals surface area contributed by atoms with E-state index in [0.717, 1.165) is 6.26 Å². The first-order chi connectivity index (χ1) is 8.17. The second-order valence-electron chi connectivity index (χ2n) is 3.83. The molecule has 0 aromatic heterocycles. The second-order valence-corrected chi connectivity index (χ2v) is 6.09. The van der Waals surface area contributed by atoms with E-state index in [1.54, 1.807) is 0 Å². The summed E-state index contributed by atoms with van der Waals surface area (Å²) in [7, 11) is -3.22. The normalized spacial score (nSPS) is 14.3. The number of terminal acetylenes is 1. The van der Waals surface area contributed by atoms with Crippen molar-refractivity contribution >= 4 is 21.7 Å². The number of nitrogens with two attached hydrogens (primary N) is 1. The number of carboxylic acids is 1. The van der Waals surface area contributed by atoms with Gasteiger partial charge in [-0.1, -0.05) is 0 Å². The quantitative estimate of drug-likeness (QED) is 0.478. The molecule has 0 saturated carbocycles. The van der Waals surface area contributed by atoms with Gasteiger partial charge in [0, 0.05) is 12.7 Å². The molecule has 0 heterocycles. The number of hydrogen-bond acceptors (Lipinski definition) is 5. The van der Waals surface area contributed by atoms with Gasteiger partial charge in [0.15, 0.2) is 0 Å². The number of carbonyl (C=O) groups excluding carboxylic acids is 1. The van der Waals surface area contributed by atoms with E-state index in [0.29, 0.717) is 0 Å². The first kappa shape index (κ1) is 16.4. The summed E-state index contributed by atoms with van der Waals surface area (Å²) in [6.45, 7) is 0. The van der Waals surface area contributed by atoms with Gasteiger partial charge in [0.1, 0.15) is 15.9 Å². The number of hydrogen-bond donors (Lipinski definition) is 3. The molecule has 0 aliphatic rings. The Morgan fingerprint density at radius 2 is 2.06 bits per heavy atom. The predicted octanol–water partition coefficient (Wildman–Crippen LogP) is -1.66. The lowest BCUT2D eigenvalue weighted by molar-refractivity contribution is -0.141. The molecule has 102 valence electrons. The number of aliphatic carboxylic acids is 1. The second kappa shape index (κ2) is 6.98. The van der Waals surface area contributed by atoms with Crippen molar-refractivity contribution in [3.63, 3.8) is 0 Å². The highest BCUT2D eigenvalue weighted by Gasteiger charge is 2.23. The van der Waals surface area contributed by atoms with Gasteiger partial charge in [-0.15, -0.1) is 12.3 Å². The van der Waals surface area contributed by atoms with Crippen molar-refractivity contribution in [3.05, 3.63) is 0 Å². The third-order valence-electron chi connectivity index (χ3n) is 2.07. The summed E-state index contributed by atoms with van der Waals surface area (Å²) in [6.07, 6.45) is 5.74. The van der Waals surface area contributed by atoms with Crippen LogP contribution in [0.4, 0.5) is 0 Å². The zero-order chi connectivity index (χ0) is 14.3. The first-order valence-electron chi connectivity index (χ1n) is 5.07. The van der Waals surface area contributed by atoms with Crippen LogP contribution in [0.15, 0.2) is 0 Å². The molecule has 18 heavy (non-hydrogen) atoms. The zero-order valence-corrected chi connectivity index (χ0v) is 10.7. The smallest absolute Gasteiger partial charge is 0.327 e. The number of carbonyl (C=O) groups is 2. The van der Waals surface area contributed by atoms with Gasteiger partial charge in [0.05, 0.1) is 11.8 Å². The van der Waals surface area contributed by atoms with Crippen LogP contribution in [0, 0.1) is 12.3 Å². The van der Waals surface area contributed by atoms with Crippen LogP contribution in [-0.4, -0.2) is 49.5 Å². The molecule has 0 spiro atoms. The molecule has 0 fully saturated rings. The lowest BCUT2D eigenvalue weighted by Crippen LogP contribution is -2.48. The van der Waals surface area contributed by atoms with Crippen LogP contribution in [0.2, 0.25) is 0 Å². The summed E-state index contributed by atoms with van der Waals surface area (Å²) in [4.78, 5) is 22.2. The Hall–Kier alpha value is -1.59. The zero-order valence-electron chi connectivity index (χ0n) is 9.92. The van der Waals surface area contributed by atoms with Crippen molar-refractivity contribution in [2.24, 2.45) is 5.73 Å². The van der Waals surface area contributed by atoms with Crippen molar-refractivity contribution in [1.29, 1.82) is 0 Å². The Morgan fingerprint density at radius 1 is 1.50 bits per heavy atom. The molecule has 8 heteroatoms. The Bertz CT molecular complexity index is 451. The third kappa shape index (κ3) is 6.88. The molecule has 0 bridgehead atoms. The van der Waals surface area contributed by atoms with E-state index in [1.807, 2.05) is 0 Å². The summed E-state index contributed by atoms with van der Waals surface area (Å²) in [6, 6.07) is -2.30. The molecular formula is C10H16N2O5S. The minimum atomic E-state index is -3.22. The van der Waals surface area contributed by atoms with E-state index in [4.69, 9.17) is 17.3 Å². The van der Waals surface area contributed by atoms with E-state index in [1.165, 1.54) is 0 Å². The van der Waals surface area contributed by atoms with Crippen molar-refractivity contribution in [1.82, 2.24) is 5.32 Å². The van der Waals surface area contributed by atoms with Gasteiger partial charge in [-0.05, 0) is 6.42 Å². The van der Waals surface area contributed by atoms with Crippen LogP contribution in [-0.2, 0) is 19.4 Å². The Kier molecular flexibility index (Phi) is 6.36. The number of rotatable bonds is 7. The summed E-state index contributed by atoms with van der Waals surface area (Å²) in [5.41, 5.74) is 5.45. The fraction of sp³-hybridized carbons (Fsp3) is 0.600.